The van der Waals surface area contributed by atoms with Crippen molar-refractivity contribution in [3.05, 3.63) is 36.4 Å². The lowest BCUT2D eigenvalue weighted by Crippen LogP contribution is -2.50. The lowest BCUT2D eigenvalue weighted by atomic mass is 9.94. The number of rotatable bonds is 5. The average molecular weight is 446 g/mol. The van der Waals surface area contributed by atoms with Crippen molar-refractivity contribution in [2.45, 2.75) is 36.6 Å². The highest BCUT2D eigenvalue weighted by atomic mass is 32.2. The summed E-state index contributed by atoms with van der Waals surface area (Å²) < 4.78 is 28.7. The Hall–Kier alpha value is -2.16. The van der Waals surface area contributed by atoms with Crippen molar-refractivity contribution < 1.29 is 18.3 Å². The molecular formula is C23H31N3O4S. The Bertz CT molecular complexity index is 1060. The molecule has 2 aromatic carbocycles. The molecule has 2 saturated heterocycles. The van der Waals surface area contributed by atoms with Crippen LogP contribution >= 0.6 is 0 Å². The van der Waals surface area contributed by atoms with Gasteiger partial charge in [-0.25, -0.2) is 8.42 Å². The van der Waals surface area contributed by atoms with Gasteiger partial charge in [-0.05, 0) is 44.4 Å². The zero-order valence-corrected chi connectivity index (χ0v) is 19.0. The van der Waals surface area contributed by atoms with Gasteiger partial charge in [0.25, 0.3) is 0 Å². The maximum Gasteiger partial charge on any atom is 0.307 e. The average Bonchev–Trinajstić information content (AvgIpc) is 2.78. The number of nitrogens with zero attached hydrogens (tertiary/aromatic N) is 3. The largest absolute Gasteiger partial charge is 0.481 e. The van der Waals surface area contributed by atoms with Crippen LogP contribution in [-0.4, -0.2) is 75.0 Å². The SMILES string of the molecule is CN(C)c1cccc2c(S(=O)(=O)N3CCC(N4CCCC(C(=O)O)C4)CC3)cccc12. The van der Waals surface area contributed by atoms with Crippen molar-refractivity contribution >= 4 is 32.5 Å². The van der Waals surface area contributed by atoms with E-state index >= 15 is 0 Å². The van der Waals surface area contributed by atoms with Gasteiger partial charge in [-0.2, -0.15) is 4.31 Å². The summed E-state index contributed by atoms with van der Waals surface area (Å²) in [5, 5.41) is 11.0. The van der Waals surface area contributed by atoms with Crippen LogP contribution in [0.3, 0.4) is 0 Å². The standard InChI is InChI=1S/C23H31N3O4S/c1-24(2)21-9-3-8-20-19(21)7-4-10-22(20)31(29,30)26-14-11-18(12-15-26)25-13-5-6-17(16-25)23(27)28/h3-4,7-10,17-18H,5-6,11-16H2,1-2H3,(H,27,28). The Morgan fingerprint density at radius 2 is 1.68 bits per heavy atom. The van der Waals surface area contributed by atoms with Crippen LogP contribution in [0.2, 0.25) is 0 Å². The van der Waals surface area contributed by atoms with Gasteiger partial charge in [-0.1, -0.05) is 24.3 Å². The van der Waals surface area contributed by atoms with E-state index in [1.54, 1.807) is 10.4 Å². The molecule has 2 fully saturated rings. The lowest BCUT2D eigenvalue weighted by molar-refractivity contribution is -0.144. The number of hydrogen-bond donors (Lipinski definition) is 1. The molecule has 2 aliphatic heterocycles. The Labute approximate surface area is 184 Å². The smallest absolute Gasteiger partial charge is 0.307 e. The van der Waals surface area contributed by atoms with Crippen LogP contribution in [0.4, 0.5) is 5.69 Å². The highest BCUT2D eigenvalue weighted by molar-refractivity contribution is 7.89. The molecule has 8 heteroatoms. The van der Waals surface area contributed by atoms with Gasteiger partial charge in [0.05, 0.1) is 10.8 Å². The predicted octanol–water partition coefficient (Wildman–Crippen LogP) is 2.86. The monoisotopic (exact) mass is 445 g/mol. The third-order valence-electron chi connectivity index (χ3n) is 6.70. The van der Waals surface area contributed by atoms with Crippen molar-refractivity contribution in [3.8, 4) is 0 Å². The molecular weight excluding hydrogens is 414 g/mol. The molecule has 0 amide bonds. The van der Waals surface area contributed by atoms with E-state index in [1.807, 2.05) is 49.3 Å². The Morgan fingerprint density at radius 1 is 1.00 bits per heavy atom. The number of carboxylic acids is 1. The molecule has 1 N–H and O–H groups in total. The first-order valence-corrected chi connectivity index (χ1v) is 12.4. The minimum absolute atomic E-state index is 0.251. The quantitative estimate of drug-likeness (QED) is 0.762. The van der Waals surface area contributed by atoms with Crippen LogP contribution in [0.25, 0.3) is 10.8 Å². The van der Waals surface area contributed by atoms with Crippen LogP contribution in [-0.2, 0) is 14.8 Å². The van der Waals surface area contributed by atoms with Crippen LogP contribution < -0.4 is 4.90 Å². The van der Waals surface area contributed by atoms with Gasteiger partial charge in [-0.15, -0.1) is 0 Å². The second-order valence-electron chi connectivity index (χ2n) is 8.83. The molecule has 0 aliphatic carbocycles. The molecule has 31 heavy (non-hydrogen) atoms. The van der Waals surface area contributed by atoms with Gasteiger partial charge in [0.15, 0.2) is 0 Å². The van der Waals surface area contributed by atoms with Gasteiger partial charge >= 0.3 is 5.97 Å². The van der Waals surface area contributed by atoms with Crippen LogP contribution in [0.5, 0.6) is 0 Å². The number of aliphatic carboxylic acids is 1. The molecule has 4 rings (SSSR count). The summed E-state index contributed by atoms with van der Waals surface area (Å²) in [4.78, 5) is 16.0. The summed E-state index contributed by atoms with van der Waals surface area (Å²) in [6.07, 6.45) is 3.09. The number of sulfonamides is 1. The number of likely N-dealkylation sites (tertiary alicyclic amines) is 1. The third-order valence-corrected chi connectivity index (χ3v) is 8.66. The molecule has 0 saturated carbocycles. The summed E-state index contributed by atoms with van der Waals surface area (Å²) >= 11 is 0. The van der Waals surface area contributed by atoms with Crippen molar-refractivity contribution in [1.82, 2.24) is 9.21 Å². The van der Waals surface area contributed by atoms with E-state index in [1.165, 1.54) is 0 Å². The van der Waals surface area contributed by atoms with E-state index in [2.05, 4.69) is 4.90 Å². The number of anilines is 1. The minimum atomic E-state index is -3.61. The van der Waals surface area contributed by atoms with Crippen LogP contribution in [0, 0.1) is 5.92 Å². The van der Waals surface area contributed by atoms with E-state index in [0.717, 1.165) is 48.7 Å². The number of carbonyl (C=O) groups is 1. The van der Waals surface area contributed by atoms with Crippen molar-refractivity contribution in [2.75, 3.05) is 45.2 Å². The summed E-state index contributed by atoms with van der Waals surface area (Å²) in [5.74, 6) is -1.03. The van der Waals surface area contributed by atoms with Gasteiger partial charge < -0.3 is 10.0 Å². The number of piperidine rings is 2. The molecule has 0 radical (unpaired) electrons. The topological polar surface area (TPSA) is 81.2 Å². The zero-order valence-electron chi connectivity index (χ0n) is 18.2. The molecule has 7 nitrogen and oxygen atoms in total. The fraction of sp³-hybridized carbons (Fsp3) is 0.522. The summed E-state index contributed by atoms with van der Waals surface area (Å²) in [5.41, 5.74) is 0.992. The second-order valence-corrected chi connectivity index (χ2v) is 10.7. The Balaban J connectivity index is 1.53. The zero-order chi connectivity index (χ0) is 22.2. The molecule has 0 spiro atoms. The fourth-order valence-electron chi connectivity index (χ4n) is 5.01. The van der Waals surface area contributed by atoms with Gasteiger partial charge in [0.2, 0.25) is 10.0 Å². The second kappa shape index (κ2) is 8.76. The molecule has 168 valence electrons. The lowest BCUT2D eigenvalue weighted by Gasteiger charge is -2.41. The first-order chi connectivity index (χ1) is 14.8. The highest BCUT2D eigenvalue weighted by Gasteiger charge is 2.35. The first kappa shape index (κ1) is 22.0. The molecule has 1 atom stereocenters. The maximum absolute atomic E-state index is 13.5. The number of carboxylic acid groups (broad SMARTS) is 1. The molecule has 2 heterocycles. The maximum atomic E-state index is 13.5. The van der Waals surface area contributed by atoms with Gasteiger partial charge in [0.1, 0.15) is 0 Å². The highest BCUT2D eigenvalue weighted by Crippen LogP contribution is 2.33. The van der Waals surface area contributed by atoms with Crippen molar-refractivity contribution in [3.63, 3.8) is 0 Å². The van der Waals surface area contributed by atoms with Crippen molar-refractivity contribution in [2.24, 2.45) is 5.92 Å². The van der Waals surface area contributed by atoms with E-state index in [9.17, 15) is 18.3 Å². The molecule has 0 bridgehead atoms. The molecule has 1 unspecified atom stereocenters. The number of hydrogen-bond acceptors (Lipinski definition) is 5. The Morgan fingerprint density at radius 3 is 2.35 bits per heavy atom. The normalized spacial score (nSPS) is 21.9. The molecule has 2 aromatic rings. The minimum Gasteiger partial charge on any atom is -0.481 e. The summed E-state index contributed by atoms with van der Waals surface area (Å²) in [6.45, 7) is 2.40. The number of fused-ring (bicyclic) bond motifs is 1. The summed E-state index contributed by atoms with van der Waals surface area (Å²) in [6, 6.07) is 11.5. The van der Waals surface area contributed by atoms with E-state index < -0.39 is 16.0 Å². The predicted molar refractivity (Wildman–Crippen MR) is 122 cm³/mol. The fourth-order valence-corrected chi connectivity index (χ4v) is 6.68. The summed E-state index contributed by atoms with van der Waals surface area (Å²) in [7, 11) is 0.302. The third kappa shape index (κ3) is 4.29. The molecule has 2 aliphatic rings. The Kier molecular flexibility index (Phi) is 6.23. The van der Waals surface area contributed by atoms with Crippen LogP contribution in [0.15, 0.2) is 41.3 Å². The first-order valence-electron chi connectivity index (χ1n) is 10.9. The van der Waals surface area contributed by atoms with E-state index in [4.69, 9.17) is 0 Å². The van der Waals surface area contributed by atoms with Gasteiger partial charge in [-0.3, -0.25) is 9.69 Å². The number of benzene rings is 2. The van der Waals surface area contributed by atoms with E-state index in [0.29, 0.717) is 24.5 Å². The van der Waals surface area contributed by atoms with Crippen molar-refractivity contribution in [1.29, 1.82) is 0 Å². The van der Waals surface area contributed by atoms with Crippen LogP contribution in [0.1, 0.15) is 25.7 Å². The van der Waals surface area contributed by atoms with E-state index in [-0.39, 0.29) is 12.0 Å². The molecule has 0 aromatic heterocycles. The van der Waals surface area contributed by atoms with Gasteiger partial charge in [0, 0.05) is 56.2 Å².